The quantitative estimate of drug-likeness (QED) is 0.568. The molecule has 1 aliphatic heterocycles. The first-order valence-corrected chi connectivity index (χ1v) is 11.0. The van der Waals surface area contributed by atoms with E-state index >= 15 is 0 Å². The SMILES string of the molecule is Cc1cccc(Cn2cccc(C(=O)NNC(=O)c3csc(N4CCOCC4)n3)c2=O)c1. The molecule has 3 heterocycles. The Morgan fingerprint density at radius 3 is 2.69 bits per heavy atom. The van der Waals surface area contributed by atoms with Crippen molar-refractivity contribution in [1.82, 2.24) is 20.4 Å². The average molecular weight is 454 g/mol. The number of aryl methyl sites for hydroxylation is 1. The summed E-state index contributed by atoms with van der Waals surface area (Å²) in [5.41, 5.74) is 6.38. The molecule has 0 aliphatic carbocycles. The number of carbonyl (C=O) groups excluding carboxylic acids is 2. The molecule has 10 heteroatoms. The minimum atomic E-state index is -0.689. The van der Waals surface area contributed by atoms with E-state index in [0.29, 0.717) is 32.8 Å². The molecule has 166 valence electrons. The van der Waals surface area contributed by atoms with Crippen molar-refractivity contribution < 1.29 is 14.3 Å². The highest BCUT2D eigenvalue weighted by atomic mass is 32.1. The van der Waals surface area contributed by atoms with Gasteiger partial charge in [-0.2, -0.15) is 0 Å². The molecular weight excluding hydrogens is 430 g/mol. The fourth-order valence-electron chi connectivity index (χ4n) is 3.35. The van der Waals surface area contributed by atoms with Gasteiger partial charge in [-0.25, -0.2) is 4.98 Å². The van der Waals surface area contributed by atoms with E-state index in [1.807, 2.05) is 36.1 Å². The lowest BCUT2D eigenvalue weighted by molar-refractivity contribution is 0.0843. The van der Waals surface area contributed by atoms with Crippen LogP contribution in [0.1, 0.15) is 32.0 Å². The summed E-state index contributed by atoms with van der Waals surface area (Å²) in [6.45, 7) is 5.00. The van der Waals surface area contributed by atoms with Gasteiger partial charge in [0.2, 0.25) is 0 Å². The number of anilines is 1. The first kappa shape index (κ1) is 21.7. The van der Waals surface area contributed by atoms with E-state index in [1.165, 1.54) is 22.0 Å². The molecule has 0 bridgehead atoms. The number of benzene rings is 1. The second-order valence-corrected chi connectivity index (χ2v) is 8.20. The highest BCUT2D eigenvalue weighted by molar-refractivity contribution is 7.13. The van der Waals surface area contributed by atoms with Gasteiger partial charge in [0, 0.05) is 24.7 Å². The Bertz CT molecular complexity index is 1180. The molecule has 2 N–H and O–H groups in total. The summed E-state index contributed by atoms with van der Waals surface area (Å²) in [7, 11) is 0. The summed E-state index contributed by atoms with van der Waals surface area (Å²) in [6, 6.07) is 10.9. The number of hydrogen-bond acceptors (Lipinski definition) is 7. The lowest BCUT2D eigenvalue weighted by Crippen LogP contribution is -2.44. The van der Waals surface area contributed by atoms with Crippen molar-refractivity contribution in [3.63, 3.8) is 0 Å². The second-order valence-electron chi connectivity index (χ2n) is 7.37. The number of nitrogens with zero attached hydrogens (tertiary/aromatic N) is 3. The van der Waals surface area contributed by atoms with E-state index in [-0.39, 0.29) is 11.3 Å². The molecule has 2 aromatic heterocycles. The van der Waals surface area contributed by atoms with Gasteiger partial charge in [-0.05, 0) is 24.6 Å². The maximum Gasteiger partial charge on any atom is 0.289 e. The number of thiazole rings is 1. The summed E-state index contributed by atoms with van der Waals surface area (Å²) in [5.74, 6) is -1.24. The van der Waals surface area contributed by atoms with Crippen LogP contribution in [0.4, 0.5) is 5.13 Å². The molecule has 9 nitrogen and oxygen atoms in total. The van der Waals surface area contributed by atoms with Crippen molar-refractivity contribution in [3.05, 3.63) is 80.7 Å². The third-order valence-corrected chi connectivity index (χ3v) is 5.90. The molecule has 0 radical (unpaired) electrons. The maximum atomic E-state index is 12.8. The smallest absolute Gasteiger partial charge is 0.289 e. The Labute approximate surface area is 188 Å². The Hall–Kier alpha value is -3.50. The summed E-state index contributed by atoms with van der Waals surface area (Å²) in [4.78, 5) is 44.1. The van der Waals surface area contributed by atoms with E-state index < -0.39 is 17.4 Å². The van der Waals surface area contributed by atoms with Gasteiger partial charge in [-0.15, -0.1) is 11.3 Å². The van der Waals surface area contributed by atoms with Gasteiger partial charge in [-0.3, -0.25) is 25.2 Å². The van der Waals surface area contributed by atoms with Crippen LogP contribution in [0, 0.1) is 6.92 Å². The van der Waals surface area contributed by atoms with E-state index in [9.17, 15) is 14.4 Å². The van der Waals surface area contributed by atoms with E-state index in [2.05, 4.69) is 15.8 Å². The molecular formula is C22H23N5O4S. The largest absolute Gasteiger partial charge is 0.378 e. The summed E-state index contributed by atoms with van der Waals surface area (Å²) < 4.78 is 6.78. The van der Waals surface area contributed by atoms with E-state index in [1.54, 1.807) is 17.6 Å². The number of pyridine rings is 1. The lowest BCUT2D eigenvalue weighted by atomic mass is 10.1. The number of rotatable bonds is 5. The molecule has 0 saturated carbocycles. The summed E-state index contributed by atoms with van der Waals surface area (Å²) in [5, 5.41) is 2.36. The van der Waals surface area contributed by atoms with Crippen molar-refractivity contribution in [2.75, 3.05) is 31.2 Å². The molecule has 1 saturated heterocycles. The number of hydrogen-bond donors (Lipinski definition) is 2. The molecule has 2 amide bonds. The van der Waals surface area contributed by atoms with Crippen LogP contribution in [0.15, 0.2) is 52.8 Å². The Morgan fingerprint density at radius 2 is 1.91 bits per heavy atom. The molecule has 32 heavy (non-hydrogen) atoms. The molecule has 1 aromatic carbocycles. The number of hydrazine groups is 1. The number of aromatic nitrogens is 2. The van der Waals surface area contributed by atoms with Gasteiger partial charge in [0.25, 0.3) is 17.4 Å². The Balaban J connectivity index is 1.39. The van der Waals surface area contributed by atoms with Gasteiger partial charge in [0.1, 0.15) is 11.3 Å². The van der Waals surface area contributed by atoms with Crippen LogP contribution in [0.3, 0.4) is 0 Å². The third kappa shape index (κ3) is 5.04. The zero-order valence-corrected chi connectivity index (χ0v) is 18.4. The number of morpholine rings is 1. The summed E-state index contributed by atoms with van der Waals surface area (Å²) in [6.07, 6.45) is 1.63. The van der Waals surface area contributed by atoms with E-state index in [0.717, 1.165) is 16.3 Å². The highest BCUT2D eigenvalue weighted by Crippen LogP contribution is 2.21. The number of ether oxygens (including phenoxy) is 1. The van der Waals surface area contributed by atoms with Gasteiger partial charge >= 0.3 is 0 Å². The topological polar surface area (TPSA) is 106 Å². The van der Waals surface area contributed by atoms with Crippen molar-refractivity contribution in [3.8, 4) is 0 Å². The molecule has 3 aromatic rings. The fraction of sp³-hybridized carbons (Fsp3) is 0.273. The predicted octanol–water partition coefficient (Wildman–Crippen LogP) is 1.57. The first-order chi connectivity index (χ1) is 15.5. The number of nitrogens with one attached hydrogen (secondary N) is 2. The van der Waals surface area contributed by atoms with Crippen molar-refractivity contribution in [2.45, 2.75) is 13.5 Å². The molecule has 1 fully saturated rings. The predicted molar refractivity (Wildman–Crippen MR) is 121 cm³/mol. The molecule has 1 aliphatic rings. The van der Waals surface area contributed by atoms with Crippen molar-refractivity contribution in [2.24, 2.45) is 0 Å². The van der Waals surface area contributed by atoms with Gasteiger partial charge in [-0.1, -0.05) is 29.8 Å². The van der Waals surface area contributed by atoms with Crippen LogP contribution in [0.2, 0.25) is 0 Å². The standard InChI is InChI=1S/C22H23N5O4S/c1-15-4-2-5-16(12-15)13-27-7-3-6-17(21(27)30)19(28)24-25-20(29)18-14-32-22(23-18)26-8-10-31-11-9-26/h2-7,12,14H,8-11,13H2,1H3,(H,24,28)(H,25,29). The first-order valence-electron chi connectivity index (χ1n) is 10.1. The van der Waals surface area contributed by atoms with Crippen LogP contribution < -0.4 is 21.3 Å². The van der Waals surface area contributed by atoms with E-state index in [4.69, 9.17) is 4.74 Å². The summed E-state index contributed by atoms with van der Waals surface area (Å²) >= 11 is 1.35. The van der Waals surface area contributed by atoms with Gasteiger partial charge < -0.3 is 14.2 Å². The lowest BCUT2D eigenvalue weighted by Gasteiger charge is -2.25. The minimum absolute atomic E-state index is 0.0623. The molecule has 0 spiro atoms. The third-order valence-electron chi connectivity index (χ3n) is 5.00. The van der Waals surface area contributed by atoms with Gasteiger partial charge in [0.05, 0.1) is 19.8 Å². The molecule has 4 rings (SSSR count). The Kier molecular flexibility index (Phi) is 6.62. The van der Waals surface area contributed by atoms with Crippen LogP contribution in [-0.2, 0) is 11.3 Å². The number of amides is 2. The van der Waals surface area contributed by atoms with Gasteiger partial charge in [0.15, 0.2) is 5.13 Å². The highest BCUT2D eigenvalue weighted by Gasteiger charge is 2.19. The van der Waals surface area contributed by atoms with Crippen LogP contribution in [-0.4, -0.2) is 47.7 Å². The zero-order chi connectivity index (χ0) is 22.5. The zero-order valence-electron chi connectivity index (χ0n) is 17.5. The normalized spacial score (nSPS) is 13.6. The average Bonchev–Trinajstić information content (AvgIpc) is 3.30. The maximum absolute atomic E-state index is 12.8. The molecule has 0 unspecified atom stereocenters. The van der Waals surface area contributed by atoms with Crippen LogP contribution >= 0.6 is 11.3 Å². The van der Waals surface area contributed by atoms with Crippen LogP contribution in [0.5, 0.6) is 0 Å². The van der Waals surface area contributed by atoms with Crippen LogP contribution in [0.25, 0.3) is 0 Å². The van der Waals surface area contributed by atoms with Crippen molar-refractivity contribution in [1.29, 1.82) is 0 Å². The molecule has 0 atom stereocenters. The monoisotopic (exact) mass is 453 g/mol. The van der Waals surface area contributed by atoms with Crippen molar-refractivity contribution >= 4 is 28.3 Å². The fourth-order valence-corrected chi connectivity index (χ4v) is 4.21. The minimum Gasteiger partial charge on any atom is -0.378 e. The number of carbonyl (C=O) groups is 2. The Morgan fingerprint density at radius 1 is 1.12 bits per heavy atom. The second kappa shape index (κ2) is 9.75.